The predicted molar refractivity (Wildman–Crippen MR) is 141 cm³/mol. The molecule has 0 bridgehead atoms. The average Bonchev–Trinajstić information content (AvgIpc) is 3.44. The van der Waals surface area contributed by atoms with Crippen molar-refractivity contribution in [3.05, 3.63) is 22.4 Å². The van der Waals surface area contributed by atoms with Gasteiger partial charge in [-0.05, 0) is 56.6 Å². The maximum Gasteiger partial charge on any atom is 0.193 e. The lowest BCUT2D eigenvalue weighted by atomic mass is 9.97. The molecule has 8 heteroatoms. The molecule has 178 valence electrons. The summed E-state index contributed by atoms with van der Waals surface area (Å²) < 4.78 is 10.8. The van der Waals surface area contributed by atoms with Crippen LogP contribution in [0.15, 0.2) is 22.5 Å². The molecule has 0 aromatic carbocycles. The Morgan fingerprint density at radius 1 is 1.26 bits per heavy atom. The highest BCUT2D eigenvalue weighted by Gasteiger charge is 2.28. The number of piperidine rings is 1. The first-order valence-electron chi connectivity index (χ1n) is 11.6. The summed E-state index contributed by atoms with van der Waals surface area (Å²) in [6, 6.07) is 4.84. The molecule has 2 saturated heterocycles. The molecule has 1 N–H and O–H groups in total. The van der Waals surface area contributed by atoms with E-state index in [2.05, 4.69) is 46.5 Å². The van der Waals surface area contributed by atoms with Crippen molar-refractivity contribution >= 4 is 41.3 Å². The van der Waals surface area contributed by atoms with Crippen molar-refractivity contribution in [3.8, 4) is 0 Å². The highest BCUT2D eigenvalue weighted by molar-refractivity contribution is 14.0. The van der Waals surface area contributed by atoms with Gasteiger partial charge in [-0.3, -0.25) is 9.89 Å². The van der Waals surface area contributed by atoms with Gasteiger partial charge in [-0.25, -0.2) is 0 Å². The lowest BCUT2D eigenvalue weighted by Gasteiger charge is -2.36. The van der Waals surface area contributed by atoms with Gasteiger partial charge in [-0.1, -0.05) is 13.0 Å². The zero-order valence-corrected chi connectivity index (χ0v) is 22.6. The maximum atomic E-state index is 5.76. The van der Waals surface area contributed by atoms with Crippen molar-refractivity contribution in [2.75, 3.05) is 66.2 Å². The summed E-state index contributed by atoms with van der Waals surface area (Å²) in [5, 5.41) is 5.73. The molecule has 0 aliphatic carbocycles. The fourth-order valence-electron chi connectivity index (χ4n) is 4.36. The molecule has 0 radical (unpaired) electrons. The second-order valence-corrected chi connectivity index (χ2v) is 9.59. The van der Waals surface area contributed by atoms with Crippen molar-refractivity contribution in [2.24, 2.45) is 16.8 Å². The number of nitrogens with zero attached hydrogens (tertiary/aromatic N) is 3. The lowest BCUT2D eigenvalue weighted by molar-refractivity contribution is 0.0536. The Kier molecular flexibility index (Phi) is 12.7. The molecule has 3 heterocycles. The van der Waals surface area contributed by atoms with Gasteiger partial charge in [0.15, 0.2) is 5.96 Å². The number of hydrogen-bond acceptors (Lipinski definition) is 5. The summed E-state index contributed by atoms with van der Waals surface area (Å²) in [4.78, 5) is 11.6. The van der Waals surface area contributed by atoms with Gasteiger partial charge < -0.3 is 19.7 Å². The molecular formula is C23H41IN4O2S. The Morgan fingerprint density at radius 3 is 2.74 bits per heavy atom. The number of methoxy groups -OCH3 is 1. The summed E-state index contributed by atoms with van der Waals surface area (Å²) >= 11 is 1.86. The fourth-order valence-corrected chi connectivity index (χ4v) is 5.21. The van der Waals surface area contributed by atoms with E-state index in [0.717, 1.165) is 51.1 Å². The quantitative estimate of drug-likeness (QED) is 0.201. The Hall–Kier alpha value is -0.420. The monoisotopic (exact) mass is 564 g/mol. The molecule has 0 spiro atoms. The third-order valence-corrected chi connectivity index (χ3v) is 7.22. The van der Waals surface area contributed by atoms with E-state index in [1.165, 1.54) is 30.8 Å². The molecule has 2 atom stereocenters. The zero-order valence-electron chi connectivity index (χ0n) is 19.4. The fraction of sp³-hybridized carbons (Fsp3) is 0.783. The van der Waals surface area contributed by atoms with Crippen LogP contribution in [-0.2, 0) is 9.47 Å². The number of aliphatic imine (C=N–C) groups is 1. The number of ether oxygens (including phenoxy) is 2. The molecule has 6 nitrogen and oxygen atoms in total. The number of nitrogens with one attached hydrogen (secondary N) is 1. The number of likely N-dealkylation sites (tertiary alicyclic amines) is 2. The summed E-state index contributed by atoms with van der Waals surface area (Å²) in [6.45, 7) is 12.8. The van der Waals surface area contributed by atoms with Crippen LogP contribution < -0.4 is 5.32 Å². The van der Waals surface area contributed by atoms with Crippen molar-refractivity contribution in [1.82, 2.24) is 15.1 Å². The van der Waals surface area contributed by atoms with Crippen LogP contribution in [0.2, 0.25) is 0 Å². The van der Waals surface area contributed by atoms with E-state index in [1.807, 2.05) is 11.3 Å². The van der Waals surface area contributed by atoms with E-state index in [-0.39, 0.29) is 24.0 Å². The molecule has 2 unspecified atom stereocenters. The predicted octanol–water partition coefficient (Wildman–Crippen LogP) is 4.09. The minimum Gasteiger partial charge on any atom is -0.382 e. The van der Waals surface area contributed by atoms with Crippen LogP contribution in [0.1, 0.15) is 44.0 Å². The van der Waals surface area contributed by atoms with Gasteiger partial charge in [0.25, 0.3) is 0 Å². The molecule has 0 saturated carbocycles. The van der Waals surface area contributed by atoms with Gasteiger partial charge in [0.1, 0.15) is 0 Å². The zero-order chi connectivity index (χ0) is 21.2. The van der Waals surface area contributed by atoms with E-state index in [0.29, 0.717) is 25.2 Å². The SMILES string of the molecule is CCNC(=NCC(c1cccs1)N1CCC(C)CC1)N1CCC(COCCOC)C1.I. The van der Waals surface area contributed by atoms with Crippen LogP contribution in [0.25, 0.3) is 0 Å². The van der Waals surface area contributed by atoms with Crippen LogP contribution in [-0.4, -0.2) is 82.0 Å². The number of hydrogen-bond donors (Lipinski definition) is 1. The van der Waals surface area contributed by atoms with Crippen molar-refractivity contribution in [3.63, 3.8) is 0 Å². The molecule has 2 aliphatic heterocycles. The van der Waals surface area contributed by atoms with E-state index < -0.39 is 0 Å². The smallest absolute Gasteiger partial charge is 0.193 e. The van der Waals surface area contributed by atoms with Gasteiger partial charge in [-0.15, -0.1) is 35.3 Å². The second-order valence-electron chi connectivity index (χ2n) is 8.61. The summed E-state index contributed by atoms with van der Waals surface area (Å²) in [7, 11) is 1.72. The van der Waals surface area contributed by atoms with Gasteiger partial charge in [0.2, 0.25) is 0 Å². The van der Waals surface area contributed by atoms with E-state index >= 15 is 0 Å². The Bertz CT molecular complexity index is 623. The molecule has 31 heavy (non-hydrogen) atoms. The lowest BCUT2D eigenvalue weighted by Crippen LogP contribution is -2.42. The molecule has 2 fully saturated rings. The average molecular weight is 565 g/mol. The normalized spacial score (nSPS) is 21.8. The maximum absolute atomic E-state index is 5.76. The minimum atomic E-state index is 0. The standard InChI is InChI=1S/C23H40N4O2S.HI/c1-4-24-23(27-12-9-20(17-27)18-29-14-13-28-3)25-16-21(22-6-5-15-30-22)26-10-7-19(2)8-11-26;/h5-6,15,19-21H,4,7-14,16-18H2,1-3H3,(H,24,25);1H. The van der Waals surface area contributed by atoms with Crippen LogP contribution in [0.3, 0.4) is 0 Å². The first-order valence-corrected chi connectivity index (χ1v) is 12.5. The topological polar surface area (TPSA) is 49.3 Å². The summed E-state index contributed by atoms with van der Waals surface area (Å²) in [5.41, 5.74) is 0. The number of halogens is 1. The van der Waals surface area contributed by atoms with Gasteiger partial charge in [0.05, 0.1) is 32.4 Å². The van der Waals surface area contributed by atoms with Crippen molar-refractivity contribution in [1.29, 1.82) is 0 Å². The third kappa shape index (κ3) is 8.46. The second kappa shape index (κ2) is 14.7. The van der Waals surface area contributed by atoms with Crippen molar-refractivity contribution < 1.29 is 9.47 Å². The summed E-state index contributed by atoms with van der Waals surface area (Å²) in [5.74, 6) is 2.48. The molecule has 1 aromatic heterocycles. The Labute approximate surface area is 209 Å². The van der Waals surface area contributed by atoms with E-state index in [9.17, 15) is 0 Å². The minimum absolute atomic E-state index is 0. The third-order valence-electron chi connectivity index (χ3n) is 6.25. The van der Waals surface area contributed by atoms with Gasteiger partial charge >= 0.3 is 0 Å². The Morgan fingerprint density at radius 2 is 2.06 bits per heavy atom. The molecular weight excluding hydrogens is 523 g/mol. The van der Waals surface area contributed by atoms with Crippen LogP contribution in [0, 0.1) is 11.8 Å². The molecule has 0 amide bonds. The van der Waals surface area contributed by atoms with Crippen LogP contribution >= 0.6 is 35.3 Å². The van der Waals surface area contributed by atoms with Gasteiger partial charge in [-0.2, -0.15) is 0 Å². The first kappa shape index (κ1) is 26.8. The Balaban J connectivity index is 0.00000341. The van der Waals surface area contributed by atoms with Crippen LogP contribution in [0.4, 0.5) is 0 Å². The van der Waals surface area contributed by atoms with Crippen molar-refractivity contribution in [2.45, 2.75) is 39.2 Å². The molecule has 2 aliphatic rings. The first-order chi connectivity index (χ1) is 14.7. The van der Waals surface area contributed by atoms with E-state index in [4.69, 9.17) is 14.5 Å². The molecule has 3 rings (SSSR count). The van der Waals surface area contributed by atoms with E-state index in [1.54, 1.807) is 7.11 Å². The van der Waals surface area contributed by atoms with Gasteiger partial charge in [0, 0.05) is 37.5 Å². The number of rotatable bonds is 10. The summed E-state index contributed by atoms with van der Waals surface area (Å²) in [6.07, 6.45) is 3.75. The highest BCUT2D eigenvalue weighted by atomic mass is 127. The highest BCUT2D eigenvalue weighted by Crippen LogP contribution is 2.30. The number of guanidine groups is 1. The largest absolute Gasteiger partial charge is 0.382 e. The number of thiophene rings is 1. The van der Waals surface area contributed by atoms with Crippen LogP contribution in [0.5, 0.6) is 0 Å². The molecule has 1 aromatic rings.